The van der Waals surface area contributed by atoms with E-state index in [-0.39, 0.29) is 22.4 Å². The van der Waals surface area contributed by atoms with Crippen molar-refractivity contribution in [1.82, 2.24) is 20.0 Å². The van der Waals surface area contributed by atoms with Crippen LogP contribution in [-0.4, -0.2) is 41.3 Å². The fourth-order valence-electron chi connectivity index (χ4n) is 5.81. The molecule has 214 valence electrons. The van der Waals surface area contributed by atoms with Gasteiger partial charge >= 0.3 is 0 Å². The SMILES string of the molecule is C[C@@](Cc1c[nH]c2ccccc12)(NS(=O)(=O)c1cccc([N+](=O)[O-])c1)C(=O)NCC1(c2ccccn2)CCCCC1. The highest BCUT2D eigenvalue weighted by atomic mass is 32.2. The molecule has 0 saturated heterocycles. The van der Waals surface area contributed by atoms with Crippen molar-refractivity contribution in [3.8, 4) is 0 Å². The number of carbonyl (C=O) groups excluding carboxylic acids is 1. The number of nitrogens with zero attached hydrogens (tertiary/aromatic N) is 2. The number of nitro benzene ring substituents is 1. The van der Waals surface area contributed by atoms with E-state index in [1.54, 1.807) is 19.3 Å². The molecule has 0 unspecified atom stereocenters. The van der Waals surface area contributed by atoms with Crippen LogP contribution in [0.25, 0.3) is 10.9 Å². The van der Waals surface area contributed by atoms with Crippen molar-refractivity contribution < 1.29 is 18.1 Å². The topological polar surface area (TPSA) is 147 Å². The van der Waals surface area contributed by atoms with Gasteiger partial charge in [0, 0.05) is 59.5 Å². The van der Waals surface area contributed by atoms with Gasteiger partial charge in [0.2, 0.25) is 15.9 Å². The van der Waals surface area contributed by atoms with Gasteiger partial charge in [-0.05, 0) is 49.6 Å². The molecule has 2 aromatic heterocycles. The minimum Gasteiger partial charge on any atom is -0.361 e. The maximum atomic E-state index is 14.1. The largest absolute Gasteiger partial charge is 0.361 e. The molecule has 0 aliphatic heterocycles. The second-order valence-corrected chi connectivity index (χ2v) is 12.6. The third-order valence-electron chi connectivity index (χ3n) is 8.02. The van der Waals surface area contributed by atoms with Gasteiger partial charge in [-0.2, -0.15) is 4.72 Å². The maximum absolute atomic E-state index is 14.1. The molecule has 1 saturated carbocycles. The van der Waals surface area contributed by atoms with Gasteiger partial charge in [-0.3, -0.25) is 19.9 Å². The number of hydrogen-bond donors (Lipinski definition) is 3. The number of amides is 1. The molecule has 11 heteroatoms. The van der Waals surface area contributed by atoms with Crippen LogP contribution >= 0.6 is 0 Å². The number of nitrogens with one attached hydrogen (secondary N) is 3. The number of hydrogen-bond acceptors (Lipinski definition) is 6. The van der Waals surface area contributed by atoms with E-state index in [4.69, 9.17) is 0 Å². The molecule has 2 aromatic carbocycles. The molecule has 1 aliphatic rings. The highest BCUT2D eigenvalue weighted by Gasteiger charge is 2.41. The summed E-state index contributed by atoms with van der Waals surface area (Å²) in [7, 11) is -4.32. The Kier molecular flexibility index (Phi) is 7.92. The van der Waals surface area contributed by atoms with Crippen LogP contribution < -0.4 is 10.0 Å². The molecule has 1 amide bonds. The van der Waals surface area contributed by atoms with E-state index in [0.717, 1.165) is 60.3 Å². The van der Waals surface area contributed by atoms with Crippen LogP contribution in [0.4, 0.5) is 5.69 Å². The summed E-state index contributed by atoms with van der Waals surface area (Å²) in [5.41, 5.74) is 0.213. The first kappa shape index (κ1) is 28.4. The lowest BCUT2D eigenvalue weighted by atomic mass is 9.71. The van der Waals surface area contributed by atoms with Crippen LogP contribution in [0.1, 0.15) is 50.3 Å². The lowest BCUT2D eigenvalue weighted by Gasteiger charge is -2.38. The fourth-order valence-corrected chi connectivity index (χ4v) is 7.22. The summed E-state index contributed by atoms with van der Waals surface area (Å²) < 4.78 is 29.8. The molecule has 1 atom stereocenters. The highest BCUT2D eigenvalue weighted by Crippen LogP contribution is 2.38. The quantitative estimate of drug-likeness (QED) is 0.183. The molecule has 5 rings (SSSR count). The first-order valence-electron chi connectivity index (χ1n) is 13.7. The van der Waals surface area contributed by atoms with Crippen LogP contribution in [0.5, 0.6) is 0 Å². The zero-order valence-electron chi connectivity index (χ0n) is 22.8. The minimum atomic E-state index is -4.32. The van der Waals surface area contributed by atoms with Gasteiger partial charge in [-0.15, -0.1) is 0 Å². The Hall–Kier alpha value is -4.09. The molecular weight excluding hydrogens is 542 g/mol. The number of benzene rings is 2. The average molecular weight is 576 g/mol. The molecule has 0 bridgehead atoms. The van der Waals surface area contributed by atoms with Crippen LogP contribution in [0, 0.1) is 10.1 Å². The predicted octanol–water partition coefficient (Wildman–Crippen LogP) is 4.77. The summed E-state index contributed by atoms with van der Waals surface area (Å²) >= 11 is 0. The molecule has 2 heterocycles. The molecule has 41 heavy (non-hydrogen) atoms. The molecule has 0 radical (unpaired) electrons. The number of H-pyrrole nitrogens is 1. The Morgan fingerprint density at radius 3 is 2.56 bits per heavy atom. The maximum Gasteiger partial charge on any atom is 0.270 e. The molecular formula is C30H33N5O5S. The van der Waals surface area contributed by atoms with Crippen molar-refractivity contribution in [3.63, 3.8) is 0 Å². The lowest BCUT2D eigenvalue weighted by molar-refractivity contribution is -0.385. The number of non-ortho nitro benzene ring substituents is 1. The van der Waals surface area contributed by atoms with E-state index in [1.165, 1.54) is 18.2 Å². The van der Waals surface area contributed by atoms with Crippen LogP contribution in [0.2, 0.25) is 0 Å². The summed E-state index contributed by atoms with van der Waals surface area (Å²) in [5, 5.41) is 15.3. The number of carbonyl (C=O) groups is 1. The van der Waals surface area contributed by atoms with Crippen LogP contribution in [0.15, 0.2) is 84.0 Å². The molecule has 1 aliphatic carbocycles. The second-order valence-electron chi connectivity index (χ2n) is 11.0. The van der Waals surface area contributed by atoms with E-state index in [2.05, 4.69) is 20.0 Å². The summed E-state index contributed by atoms with van der Waals surface area (Å²) in [6.45, 7) is 1.86. The van der Waals surface area contributed by atoms with Crippen molar-refractivity contribution in [3.05, 3.63) is 100 Å². The summed E-state index contributed by atoms with van der Waals surface area (Å²) in [6, 6.07) is 18.2. The Labute approximate surface area is 238 Å². The Morgan fingerprint density at radius 2 is 1.83 bits per heavy atom. The van der Waals surface area contributed by atoms with Gasteiger partial charge in [0.1, 0.15) is 5.54 Å². The first-order chi connectivity index (χ1) is 19.6. The van der Waals surface area contributed by atoms with Crippen LogP contribution in [0.3, 0.4) is 0 Å². The number of sulfonamides is 1. The average Bonchev–Trinajstić information content (AvgIpc) is 3.39. The number of aromatic amines is 1. The third-order valence-corrected chi connectivity index (χ3v) is 9.62. The third kappa shape index (κ3) is 6.01. The predicted molar refractivity (Wildman–Crippen MR) is 156 cm³/mol. The van der Waals surface area contributed by atoms with E-state index < -0.39 is 26.4 Å². The molecule has 0 spiro atoms. The highest BCUT2D eigenvalue weighted by molar-refractivity contribution is 7.89. The van der Waals surface area contributed by atoms with E-state index >= 15 is 0 Å². The van der Waals surface area contributed by atoms with Crippen molar-refractivity contribution in [2.75, 3.05) is 6.54 Å². The normalized spacial score (nSPS) is 16.6. The number of aromatic nitrogens is 2. The Balaban J connectivity index is 1.48. The van der Waals surface area contributed by atoms with Crippen molar-refractivity contribution >= 4 is 32.5 Å². The van der Waals surface area contributed by atoms with Gasteiger partial charge in [0.05, 0.1) is 9.82 Å². The van der Waals surface area contributed by atoms with Crippen molar-refractivity contribution in [2.45, 2.75) is 61.3 Å². The smallest absolute Gasteiger partial charge is 0.270 e. The summed E-state index contributed by atoms with van der Waals surface area (Å²) in [5.74, 6) is -0.488. The van der Waals surface area contributed by atoms with E-state index in [1.807, 2.05) is 42.5 Å². The molecule has 4 aromatic rings. The Morgan fingerprint density at radius 1 is 1.07 bits per heavy atom. The molecule has 3 N–H and O–H groups in total. The number of nitro groups is 1. The number of fused-ring (bicyclic) bond motifs is 1. The van der Waals surface area contributed by atoms with Crippen molar-refractivity contribution in [1.29, 1.82) is 0 Å². The monoisotopic (exact) mass is 575 g/mol. The fraction of sp³-hybridized carbons (Fsp3) is 0.333. The zero-order chi connectivity index (χ0) is 29.1. The summed E-state index contributed by atoms with van der Waals surface area (Å²) in [6.07, 6.45) is 8.44. The standard InChI is InChI=1S/C30H33N5O5S/c1-29(19-22-20-32-26-13-4-3-12-25(22)26,34-41(39,40)24-11-9-10-23(18-24)35(37)38)28(36)33-21-30(15-6-2-7-16-30)27-14-5-8-17-31-27/h3-5,8-14,17-18,20,32,34H,2,6-7,15-16,19,21H2,1H3,(H,33,36)/t29-/m0/s1. The second kappa shape index (κ2) is 11.4. The van der Waals surface area contributed by atoms with Gasteiger partial charge in [-0.25, -0.2) is 8.42 Å². The first-order valence-corrected chi connectivity index (χ1v) is 15.1. The van der Waals surface area contributed by atoms with Gasteiger partial charge in [-0.1, -0.05) is 49.6 Å². The molecule has 10 nitrogen and oxygen atoms in total. The number of rotatable bonds is 10. The van der Waals surface area contributed by atoms with E-state index in [0.29, 0.717) is 6.54 Å². The zero-order valence-corrected chi connectivity index (χ0v) is 23.6. The summed E-state index contributed by atoms with van der Waals surface area (Å²) in [4.78, 5) is 32.2. The van der Waals surface area contributed by atoms with Gasteiger partial charge in [0.25, 0.3) is 5.69 Å². The minimum absolute atomic E-state index is 0.0492. The number of para-hydroxylation sites is 1. The molecule has 1 fully saturated rings. The Bertz CT molecular complexity index is 1660. The van der Waals surface area contributed by atoms with Crippen molar-refractivity contribution in [2.24, 2.45) is 0 Å². The van der Waals surface area contributed by atoms with Gasteiger partial charge in [0.15, 0.2) is 0 Å². The lowest BCUT2D eigenvalue weighted by Crippen LogP contribution is -2.59. The van der Waals surface area contributed by atoms with Gasteiger partial charge < -0.3 is 10.3 Å². The van der Waals surface area contributed by atoms with Crippen LogP contribution in [-0.2, 0) is 26.7 Å². The van der Waals surface area contributed by atoms with E-state index in [9.17, 15) is 23.3 Å². The number of pyridine rings is 1.